The Morgan fingerprint density at radius 1 is 1.00 bits per heavy atom. The SMILES string of the molecule is Oc1cc2c(cc1CCC1CC1)C[C@H]1CCC[C@@]23CCCC[C@@H]13. The fourth-order valence-electron chi connectivity index (χ4n) is 6.42. The smallest absolute Gasteiger partial charge is 0.119 e. The molecule has 0 unspecified atom stereocenters. The molecule has 0 aromatic heterocycles. The van der Waals surface area contributed by atoms with Gasteiger partial charge in [-0.05, 0) is 90.9 Å². The van der Waals surface area contributed by atoms with Crippen molar-refractivity contribution in [2.24, 2.45) is 17.8 Å². The van der Waals surface area contributed by atoms with E-state index in [9.17, 15) is 5.11 Å². The van der Waals surface area contributed by atoms with Crippen molar-refractivity contribution in [1.82, 2.24) is 0 Å². The number of phenols is 1. The minimum Gasteiger partial charge on any atom is -0.508 e. The van der Waals surface area contributed by atoms with Crippen LogP contribution in [0, 0.1) is 17.8 Å². The lowest BCUT2D eigenvalue weighted by molar-refractivity contribution is 0.0520. The summed E-state index contributed by atoms with van der Waals surface area (Å²) in [6.07, 6.45) is 16.4. The molecule has 3 fully saturated rings. The van der Waals surface area contributed by atoms with Crippen molar-refractivity contribution in [2.75, 3.05) is 0 Å². The second-order valence-corrected chi connectivity index (χ2v) is 8.98. The summed E-state index contributed by atoms with van der Waals surface area (Å²) < 4.78 is 0. The molecule has 0 heterocycles. The Hall–Kier alpha value is -0.980. The first-order valence-corrected chi connectivity index (χ1v) is 10.1. The zero-order valence-corrected chi connectivity index (χ0v) is 14.3. The van der Waals surface area contributed by atoms with Gasteiger partial charge in [0.1, 0.15) is 5.75 Å². The minimum atomic E-state index is 0.432. The number of aryl methyl sites for hydroxylation is 1. The normalized spacial score (nSPS) is 35.5. The van der Waals surface area contributed by atoms with E-state index in [0.29, 0.717) is 11.2 Å². The maximum absolute atomic E-state index is 10.7. The van der Waals surface area contributed by atoms with Crippen LogP contribution in [-0.4, -0.2) is 5.11 Å². The summed E-state index contributed by atoms with van der Waals surface area (Å²) in [4.78, 5) is 0. The number of hydrogen-bond donors (Lipinski definition) is 1. The monoisotopic (exact) mass is 310 g/mol. The molecule has 1 nitrogen and oxygen atoms in total. The average Bonchev–Trinajstić information content (AvgIpc) is 3.38. The standard InChI is InChI=1S/C22H30O/c23-21-14-20-18(13-17(21)9-8-15-6-7-15)12-16-4-3-11-22(20)10-2-1-5-19(16)22/h13-16,19,23H,1-12H2/t16-,19+,22-/m1/s1. The summed E-state index contributed by atoms with van der Waals surface area (Å²) in [6, 6.07) is 4.63. The van der Waals surface area contributed by atoms with Crippen molar-refractivity contribution in [3.05, 3.63) is 28.8 Å². The van der Waals surface area contributed by atoms with Gasteiger partial charge in [0.05, 0.1) is 0 Å². The Morgan fingerprint density at radius 3 is 2.74 bits per heavy atom. The van der Waals surface area contributed by atoms with Crippen molar-refractivity contribution in [1.29, 1.82) is 0 Å². The van der Waals surface area contributed by atoms with Gasteiger partial charge in [-0.25, -0.2) is 0 Å². The Balaban J connectivity index is 1.54. The van der Waals surface area contributed by atoms with Gasteiger partial charge in [-0.2, -0.15) is 0 Å². The van der Waals surface area contributed by atoms with Crippen LogP contribution in [0.5, 0.6) is 5.75 Å². The molecule has 23 heavy (non-hydrogen) atoms. The van der Waals surface area contributed by atoms with Gasteiger partial charge in [0.2, 0.25) is 0 Å². The lowest BCUT2D eigenvalue weighted by Crippen LogP contribution is -2.49. The molecular formula is C22H30O. The lowest BCUT2D eigenvalue weighted by atomic mass is 9.49. The van der Waals surface area contributed by atoms with Gasteiger partial charge in [0.15, 0.2) is 0 Å². The third-order valence-corrected chi connectivity index (χ3v) is 7.71. The van der Waals surface area contributed by atoms with Gasteiger partial charge in [0.25, 0.3) is 0 Å². The fourth-order valence-corrected chi connectivity index (χ4v) is 6.42. The Labute approximate surface area is 140 Å². The topological polar surface area (TPSA) is 20.2 Å². The van der Waals surface area contributed by atoms with E-state index in [1.165, 1.54) is 76.2 Å². The number of phenolic OH excluding ortho intramolecular Hbond substituents is 1. The van der Waals surface area contributed by atoms with E-state index in [1.807, 2.05) is 0 Å². The molecule has 1 heteroatoms. The summed E-state index contributed by atoms with van der Waals surface area (Å²) in [7, 11) is 0. The first kappa shape index (κ1) is 14.4. The van der Waals surface area contributed by atoms with E-state index in [2.05, 4.69) is 12.1 Å². The van der Waals surface area contributed by atoms with Crippen LogP contribution in [0.3, 0.4) is 0 Å². The highest BCUT2D eigenvalue weighted by Gasteiger charge is 2.51. The summed E-state index contributed by atoms with van der Waals surface area (Å²) in [5, 5.41) is 10.7. The van der Waals surface area contributed by atoms with E-state index in [4.69, 9.17) is 0 Å². The molecular weight excluding hydrogens is 280 g/mol. The lowest BCUT2D eigenvalue weighted by Gasteiger charge is -2.55. The number of benzene rings is 1. The zero-order valence-electron chi connectivity index (χ0n) is 14.3. The summed E-state index contributed by atoms with van der Waals surface area (Å²) in [6.45, 7) is 0. The first-order valence-electron chi connectivity index (χ1n) is 10.1. The van der Waals surface area contributed by atoms with E-state index in [1.54, 1.807) is 11.1 Å². The number of fused-ring (bicyclic) bond motifs is 1. The maximum Gasteiger partial charge on any atom is 0.119 e. The van der Waals surface area contributed by atoms with Crippen LogP contribution in [0.25, 0.3) is 0 Å². The molecule has 0 radical (unpaired) electrons. The van der Waals surface area contributed by atoms with Crippen LogP contribution in [0.4, 0.5) is 0 Å². The highest BCUT2D eigenvalue weighted by molar-refractivity contribution is 5.48. The molecule has 4 aliphatic rings. The van der Waals surface area contributed by atoms with Crippen LogP contribution in [0.2, 0.25) is 0 Å². The molecule has 0 amide bonds. The van der Waals surface area contributed by atoms with Crippen LogP contribution < -0.4 is 0 Å². The highest BCUT2D eigenvalue weighted by atomic mass is 16.3. The Morgan fingerprint density at radius 2 is 1.87 bits per heavy atom. The average molecular weight is 310 g/mol. The molecule has 124 valence electrons. The molecule has 4 aliphatic carbocycles. The van der Waals surface area contributed by atoms with Gasteiger partial charge in [-0.3, -0.25) is 0 Å². The highest BCUT2D eigenvalue weighted by Crippen LogP contribution is 2.59. The van der Waals surface area contributed by atoms with Crippen molar-refractivity contribution in [3.8, 4) is 5.75 Å². The number of rotatable bonds is 3. The Bertz CT molecular complexity index is 611. The van der Waals surface area contributed by atoms with Gasteiger partial charge in [-0.15, -0.1) is 0 Å². The molecule has 2 bridgehead atoms. The van der Waals surface area contributed by atoms with Crippen LogP contribution in [-0.2, 0) is 18.3 Å². The zero-order chi connectivity index (χ0) is 15.4. The maximum atomic E-state index is 10.7. The molecule has 1 N–H and O–H groups in total. The molecule has 0 aliphatic heterocycles. The number of aromatic hydroxyl groups is 1. The van der Waals surface area contributed by atoms with E-state index in [0.717, 1.165) is 24.2 Å². The Kier molecular flexibility index (Phi) is 3.29. The second kappa shape index (κ2) is 5.26. The second-order valence-electron chi connectivity index (χ2n) is 8.98. The first-order chi connectivity index (χ1) is 11.3. The third kappa shape index (κ3) is 2.26. The van der Waals surface area contributed by atoms with Gasteiger partial charge in [-0.1, -0.05) is 38.2 Å². The van der Waals surface area contributed by atoms with E-state index < -0.39 is 0 Å². The minimum absolute atomic E-state index is 0.432. The van der Waals surface area contributed by atoms with Gasteiger partial charge in [0, 0.05) is 0 Å². The van der Waals surface area contributed by atoms with Crippen LogP contribution in [0.1, 0.15) is 80.9 Å². The predicted octanol–water partition coefficient (Wildman–Crippen LogP) is 5.52. The van der Waals surface area contributed by atoms with Gasteiger partial charge >= 0.3 is 0 Å². The molecule has 3 saturated carbocycles. The molecule has 5 rings (SSSR count). The number of hydrogen-bond acceptors (Lipinski definition) is 1. The predicted molar refractivity (Wildman–Crippen MR) is 93.8 cm³/mol. The fraction of sp³-hybridized carbons (Fsp3) is 0.727. The van der Waals surface area contributed by atoms with Crippen LogP contribution >= 0.6 is 0 Å². The van der Waals surface area contributed by atoms with Crippen molar-refractivity contribution in [2.45, 2.75) is 82.5 Å². The van der Waals surface area contributed by atoms with Crippen molar-refractivity contribution >= 4 is 0 Å². The van der Waals surface area contributed by atoms with Crippen molar-refractivity contribution in [3.63, 3.8) is 0 Å². The van der Waals surface area contributed by atoms with Crippen molar-refractivity contribution < 1.29 is 5.11 Å². The molecule has 3 atom stereocenters. The summed E-state index contributed by atoms with van der Waals surface area (Å²) in [5.41, 5.74) is 4.84. The quantitative estimate of drug-likeness (QED) is 0.779. The molecule has 1 aromatic rings. The summed E-state index contributed by atoms with van der Waals surface area (Å²) in [5.74, 6) is 3.39. The van der Waals surface area contributed by atoms with Crippen LogP contribution in [0.15, 0.2) is 12.1 Å². The van der Waals surface area contributed by atoms with E-state index >= 15 is 0 Å². The molecule has 0 spiro atoms. The summed E-state index contributed by atoms with van der Waals surface area (Å²) >= 11 is 0. The molecule has 0 saturated heterocycles. The van der Waals surface area contributed by atoms with Gasteiger partial charge < -0.3 is 5.11 Å². The van der Waals surface area contributed by atoms with E-state index in [-0.39, 0.29) is 0 Å². The molecule has 1 aromatic carbocycles. The third-order valence-electron chi connectivity index (χ3n) is 7.71. The largest absolute Gasteiger partial charge is 0.508 e.